The summed E-state index contributed by atoms with van der Waals surface area (Å²) in [6, 6.07) is 0. The maximum atomic E-state index is 12.1. The number of amides is 1. The lowest BCUT2D eigenvalue weighted by Gasteiger charge is -2.26. The maximum Gasteiger partial charge on any atom is 0.307 e. The zero-order chi connectivity index (χ0) is 15.3. The smallest absolute Gasteiger partial charge is 0.307 e. The Kier molecular flexibility index (Phi) is 5.74. The van der Waals surface area contributed by atoms with Gasteiger partial charge in [-0.25, -0.2) is 0 Å². The van der Waals surface area contributed by atoms with Gasteiger partial charge in [-0.1, -0.05) is 32.9 Å². The molecule has 0 aromatic rings. The molecule has 1 amide bonds. The Bertz CT molecular complexity index is 384. The van der Waals surface area contributed by atoms with Crippen LogP contribution in [0.5, 0.6) is 0 Å². The first-order valence-electron chi connectivity index (χ1n) is 7.04. The predicted octanol–water partition coefficient (Wildman–Crippen LogP) is 1.57. The van der Waals surface area contributed by atoms with Crippen LogP contribution in [0, 0.1) is 17.3 Å². The lowest BCUT2D eigenvalue weighted by atomic mass is 9.82. The largest absolute Gasteiger partial charge is 0.481 e. The highest BCUT2D eigenvalue weighted by Gasteiger charge is 2.34. The van der Waals surface area contributed by atoms with E-state index in [-0.39, 0.29) is 17.9 Å². The Labute approximate surface area is 120 Å². The van der Waals surface area contributed by atoms with E-state index in [1.807, 2.05) is 26.8 Å². The van der Waals surface area contributed by atoms with Crippen molar-refractivity contribution < 1.29 is 19.8 Å². The van der Waals surface area contributed by atoms with Crippen molar-refractivity contribution in [2.75, 3.05) is 6.54 Å². The number of aliphatic hydroxyl groups excluding tert-OH is 1. The lowest BCUT2D eigenvalue weighted by Crippen LogP contribution is -2.42. The van der Waals surface area contributed by atoms with Crippen molar-refractivity contribution in [2.24, 2.45) is 17.3 Å². The molecule has 3 atom stereocenters. The van der Waals surface area contributed by atoms with Crippen molar-refractivity contribution in [3.05, 3.63) is 12.2 Å². The monoisotopic (exact) mass is 283 g/mol. The fraction of sp³-hybridized carbons (Fsp3) is 0.733. The summed E-state index contributed by atoms with van der Waals surface area (Å²) in [6.45, 7) is 6.22. The Balaban J connectivity index is 2.49. The summed E-state index contributed by atoms with van der Waals surface area (Å²) < 4.78 is 0. The molecular weight excluding hydrogens is 258 g/mol. The van der Waals surface area contributed by atoms with E-state index in [1.54, 1.807) is 6.08 Å². The molecule has 0 saturated heterocycles. The highest BCUT2D eigenvalue weighted by atomic mass is 16.4. The Morgan fingerprint density at radius 1 is 1.25 bits per heavy atom. The first kappa shape index (κ1) is 16.7. The summed E-state index contributed by atoms with van der Waals surface area (Å²) in [4.78, 5) is 23.2. The topological polar surface area (TPSA) is 86.6 Å². The van der Waals surface area contributed by atoms with Gasteiger partial charge in [-0.15, -0.1) is 0 Å². The van der Waals surface area contributed by atoms with E-state index >= 15 is 0 Å². The second-order valence-corrected chi connectivity index (χ2v) is 6.66. The minimum absolute atomic E-state index is 0.0126. The summed E-state index contributed by atoms with van der Waals surface area (Å²) in [7, 11) is 0. The molecular formula is C15H25NO4. The number of aliphatic hydroxyl groups is 1. The molecule has 0 saturated carbocycles. The third-order valence-electron chi connectivity index (χ3n) is 3.45. The van der Waals surface area contributed by atoms with Crippen molar-refractivity contribution in [3.63, 3.8) is 0 Å². The van der Waals surface area contributed by atoms with Gasteiger partial charge in [-0.05, 0) is 24.7 Å². The van der Waals surface area contributed by atoms with Crippen LogP contribution in [0.4, 0.5) is 0 Å². The van der Waals surface area contributed by atoms with Crippen LogP contribution < -0.4 is 5.32 Å². The normalized spacial score (nSPS) is 24.2. The minimum Gasteiger partial charge on any atom is -0.481 e. The van der Waals surface area contributed by atoms with E-state index in [2.05, 4.69) is 5.32 Å². The van der Waals surface area contributed by atoms with E-state index in [0.717, 1.165) is 0 Å². The average Bonchev–Trinajstić information content (AvgIpc) is 2.33. The van der Waals surface area contributed by atoms with E-state index in [4.69, 9.17) is 5.11 Å². The number of allylic oxidation sites excluding steroid dienone is 2. The van der Waals surface area contributed by atoms with Crippen molar-refractivity contribution in [2.45, 2.75) is 46.1 Å². The third-order valence-corrected chi connectivity index (χ3v) is 3.45. The molecule has 0 radical (unpaired) electrons. The summed E-state index contributed by atoms with van der Waals surface area (Å²) in [6.07, 6.45) is 4.45. The van der Waals surface area contributed by atoms with Gasteiger partial charge >= 0.3 is 5.97 Å². The fourth-order valence-corrected chi connectivity index (χ4v) is 2.51. The summed E-state index contributed by atoms with van der Waals surface area (Å²) in [5.74, 6) is -2.43. The Morgan fingerprint density at radius 2 is 1.80 bits per heavy atom. The van der Waals surface area contributed by atoms with Gasteiger partial charge in [0, 0.05) is 6.54 Å². The molecule has 1 aliphatic carbocycles. The highest BCUT2D eigenvalue weighted by Crippen LogP contribution is 2.26. The van der Waals surface area contributed by atoms with Crippen molar-refractivity contribution in [1.29, 1.82) is 0 Å². The second kappa shape index (κ2) is 6.88. The molecule has 0 fully saturated rings. The quantitative estimate of drug-likeness (QED) is 0.668. The van der Waals surface area contributed by atoms with Gasteiger partial charge in [0.1, 0.15) is 0 Å². The first-order valence-corrected chi connectivity index (χ1v) is 7.04. The number of carbonyl (C=O) groups excluding carboxylic acids is 1. The number of carboxylic acids is 1. The number of carbonyl (C=O) groups is 2. The molecule has 0 aromatic heterocycles. The van der Waals surface area contributed by atoms with Crippen LogP contribution in [0.15, 0.2) is 12.2 Å². The van der Waals surface area contributed by atoms with Crippen LogP contribution in [0.3, 0.4) is 0 Å². The first-order chi connectivity index (χ1) is 9.20. The van der Waals surface area contributed by atoms with Gasteiger partial charge in [0.15, 0.2) is 0 Å². The van der Waals surface area contributed by atoms with Crippen molar-refractivity contribution in [1.82, 2.24) is 5.32 Å². The summed E-state index contributed by atoms with van der Waals surface area (Å²) >= 11 is 0. The molecule has 0 aliphatic heterocycles. The van der Waals surface area contributed by atoms with Gasteiger partial charge in [-0.2, -0.15) is 0 Å². The molecule has 1 rings (SSSR count). The van der Waals surface area contributed by atoms with Crippen LogP contribution in [0.25, 0.3) is 0 Å². The Morgan fingerprint density at radius 3 is 2.30 bits per heavy atom. The molecule has 5 nitrogen and oxygen atoms in total. The Hall–Kier alpha value is -1.36. The number of rotatable bonds is 5. The molecule has 0 aromatic carbocycles. The molecule has 0 spiro atoms. The van der Waals surface area contributed by atoms with Gasteiger partial charge in [0.25, 0.3) is 0 Å². The van der Waals surface area contributed by atoms with Crippen LogP contribution in [-0.2, 0) is 9.59 Å². The minimum atomic E-state index is -0.940. The van der Waals surface area contributed by atoms with E-state index in [9.17, 15) is 14.7 Å². The number of hydrogen-bond donors (Lipinski definition) is 3. The van der Waals surface area contributed by atoms with Gasteiger partial charge < -0.3 is 15.5 Å². The SMILES string of the molecule is CC(C)(C)CC(O)CNC(=O)[C@@H]1CC=CC[C@@H]1C(=O)O. The maximum absolute atomic E-state index is 12.1. The van der Waals surface area contributed by atoms with Crippen molar-refractivity contribution >= 4 is 11.9 Å². The molecule has 5 heteroatoms. The van der Waals surface area contributed by atoms with Crippen LogP contribution in [-0.4, -0.2) is 34.7 Å². The standard InChI is InChI=1S/C15H25NO4/c1-15(2,3)8-10(17)9-16-13(18)11-6-4-5-7-12(11)14(19)20/h4-5,10-12,17H,6-9H2,1-3H3,(H,16,18)(H,19,20)/t10?,11-,12+/m1/s1. The lowest BCUT2D eigenvalue weighted by molar-refractivity contribution is -0.147. The van der Waals surface area contributed by atoms with E-state index in [0.29, 0.717) is 19.3 Å². The number of carboxylic acid groups (broad SMARTS) is 1. The highest BCUT2D eigenvalue weighted by molar-refractivity contribution is 5.85. The van der Waals surface area contributed by atoms with Crippen LogP contribution in [0.1, 0.15) is 40.0 Å². The van der Waals surface area contributed by atoms with Crippen LogP contribution in [0.2, 0.25) is 0 Å². The van der Waals surface area contributed by atoms with Gasteiger partial charge in [0.05, 0.1) is 17.9 Å². The second-order valence-electron chi connectivity index (χ2n) is 6.66. The third kappa shape index (κ3) is 5.33. The van der Waals surface area contributed by atoms with E-state index < -0.39 is 23.9 Å². The number of aliphatic carboxylic acids is 1. The van der Waals surface area contributed by atoms with Gasteiger partial charge in [0.2, 0.25) is 5.91 Å². The fourth-order valence-electron chi connectivity index (χ4n) is 2.51. The number of hydrogen-bond acceptors (Lipinski definition) is 3. The van der Waals surface area contributed by atoms with Gasteiger partial charge in [-0.3, -0.25) is 9.59 Å². The molecule has 1 aliphatic rings. The molecule has 20 heavy (non-hydrogen) atoms. The molecule has 0 heterocycles. The molecule has 3 N–H and O–H groups in total. The zero-order valence-corrected chi connectivity index (χ0v) is 12.4. The zero-order valence-electron chi connectivity index (χ0n) is 12.4. The predicted molar refractivity (Wildman–Crippen MR) is 76.1 cm³/mol. The van der Waals surface area contributed by atoms with Crippen LogP contribution >= 0.6 is 0 Å². The number of nitrogens with one attached hydrogen (secondary N) is 1. The van der Waals surface area contributed by atoms with Crippen molar-refractivity contribution in [3.8, 4) is 0 Å². The summed E-state index contributed by atoms with van der Waals surface area (Å²) in [5.41, 5.74) is -0.0126. The van der Waals surface area contributed by atoms with E-state index in [1.165, 1.54) is 0 Å². The molecule has 1 unspecified atom stereocenters. The summed E-state index contributed by atoms with van der Waals surface area (Å²) in [5, 5.41) is 21.7. The average molecular weight is 283 g/mol. The molecule has 0 bridgehead atoms. The molecule has 114 valence electrons.